The van der Waals surface area contributed by atoms with Crippen LogP contribution in [0, 0.1) is 12.3 Å². The number of rotatable bonds is 5. The maximum Gasteiger partial charge on any atom is 0.338 e. The van der Waals surface area contributed by atoms with Gasteiger partial charge in [-0.2, -0.15) is 0 Å². The standard InChI is InChI=1S/C14H17NO2.ClH/c1-4-9-15-11(3)12-7-6-8-13(10-12)14(16)17-5-2;/h1,6-8,10-11,15H,5,9H2,2-3H3;1H. The third kappa shape index (κ3) is 4.79. The van der Waals surface area contributed by atoms with Gasteiger partial charge in [-0.1, -0.05) is 18.1 Å². The average Bonchev–Trinajstić information content (AvgIpc) is 2.36. The molecule has 0 aliphatic rings. The minimum Gasteiger partial charge on any atom is -0.462 e. The van der Waals surface area contributed by atoms with Crippen molar-refractivity contribution in [2.45, 2.75) is 19.9 Å². The van der Waals surface area contributed by atoms with E-state index in [1.165, 1.54) is 0 Å². The van der Waals surface area contributed by atoms with Gasteiger partial charge >= 0.3 is 5.97 Å². The van der Waals surface area contributed by atoms with Crippen molar-refractivity contribution in [1.82, 2.24) is 5.32 Å². The molecule has 1 N–H and O–H groups in total. The third-order valence-electron chi connectivity index (χ3n) is 2.41. The summed E-state index contributed by atoms with van der Waals surface area (Å²) >= 11 is 0. The molecule has 4 heteroatoms. The van der Waals surface area contributed by atoms with Crippen LogP contribution in [0.4, 0.5) is 0 Å². The molecule has 0 saturated carbocycles. The first-order chi connectivity index (χ1) is 8.19. The molecular formula is C14H18ClNO2. The zero-order valence-corrected chi connectivity index (χ0v) is 11.4. The van der Waals surface area contributed by atoms with Gasteiger partial charge in [0.15, 0.2) is 0 Å². The Morgan fingerprint density at radius 1 is 1.56 bits per heavy atom. The van der Waals surface area contributed by atoms with E-state index in [4.69, 9.17) is 11.2 Å². The van der Waals surface area contributed by atoms with E-state index in [1.807, 2.05) is 25.1 Å². The number of benzene rings is 1. The highest BCUT2D eigenvalue weighted by molar-refractivity contribution is 5.89. The lowest BCUT2D eigenvalue weighted by molar-refractivity contribution is 0.0526. The van der Waals surface area contributed by atoms with Crippen LogP contribution < -0.4 is 5.32 Å². The van der Waals surface area contributed by atoms with Crippen LogP contribution in [0.15, 0.2) is 24.3 Å². The highest BCUT2D eigenvalue weighted by Gasteiger charge is 2.09. The molecule has 1 aromatic carbocycles. The van der Waals surface area contributed by atoms with Crippen molar-refractivity contribution in [1.29, 1.82) is 0 Å². The topological polar surface area (TPSA) is 38.3 Å². The number of esters is 1. The molecule has 0 heterocycles. The second-order valence-corrected chi connectivity index (χ2v) is 3.65. The van der Waals surface area contributed by atoms with Crippen molar-refractivity contribution < 1.29 is 9.53 Å². The van der Waals surface area contributed by atoms with E-state index >= 15 is 0 Å². The zero-order chi connectivity index (χ0) is 12.7. The molecule has 0 saturated heterocycles. The summed E-state index contributed by atoms with van der Waals surface area (Å²) in [6.45, 7) is 4.68. The number of ether oxygens (including phenoxy) is 1. The van der Waals surface area contributed by atoms with Gasteiger partial charge in [0, 0.05) is 6.04 Å². The molecule has 1 aromatic rings. The van der Waals surface area contributed by atoms with E-state index in [0.717, 1.165) is 5.56 Å². The van der Waals surface area contributed by atoms with Gasteiger partial charge in [-0.25, -0.2) is 4.79 Å². The summed E-state index contributed by atoms with van der Waals surface area (Å²) in [4.78, 5) is 11.6. The summed E-state index contributed by atoms with van der Waals surface area (Å²) in [6.07, 6.45) is 5.19. The number of nitrogens with one attached hydrogen (secondary N) is 1. The molecule has 98 valence electrons. The smallest absolute Gasteiger partial charge is 0.338 e. The van der Waals surface area contributed by atoms with Crippen LogP contribution in [-0.2, 0) is 4.74 Å². The van der Waals surface area contributed by atoms with Gasteiger partial charge < -0.3 is 4.74 Å². The molecule has 1 atom stereocenters. The maximum absolute atomic E-state index is 11.6. The predicted octanol–water partition coefficient (Wildman–Crippen LogP) is 2.57. The number of halogens is 1. The van der Waals surface area contributed by atoms with Crippen molar-refractivity contribution in [3.05, 3.63) is 35.4 Å². The van der Waals surface area contributed by atoms with Gasteiger partial charge in [-0.05, 0) is 31.5 Å². The minimum absolute atomic E-state index is 0. The van der Waals surface area contributed by atoms with Crippen LogP contribution in [0.1, 0.15) is 35.8 Å². The van der Waals surface area contributed by atoms with Gasteiger partial charge in [0.1, 0.15) is 0 Å². The number of terminal acetylenes is 1. The maximum atomic E-state index is 11.6. The minimum atomic E-state index is -0.293. The Labute approximate surface area is 114 Å². The van der Waals surface area contributed by atoms with Gasteiger partial charge in [0.25, 0.3) is 0 Å². The van der Waals surface area contributed by atoms with E-state index in [0.29, 0.717) is 18.7 Å². The van der Waals surface area contributed by atoms with E-state index in [2.05, 4.69) is 11.2 Å². The van der Waals surface area contributed by atoms with Crippen LogP contribution in [0.2, 0.25) is 0 Å². The van der Waals surface area contributed by atoms with Crippen LogP contribution >= 0.6 is 12.4 Å². The molecule has 0 radical (unpaired) electrons. The molecule has 0 aliphatic heterocycles. The zero-order valence-electron chi connectivity index (χ0n) is 10.6. The first-order valence-electron chi connectivity index (χ1n) is 5.63. The summed E-state index contributed by atoms with van der Waals surface area (Å²) in [5.74, 6) is 2.23. The third-order valence-corrected chi connectivity index (χ3v) is 2.41. The molecule has 18 heavy (non-hydrogen) atoms. The highest BCUT2D eigenvalue weighted by Crippen LogP contribution is 2.14. The van der Waals surface area contributed by atoms with Crippen LogP contribution in [0.3, 0.4) is 0 Å². The van der Waals surface area contributed by atoms with Crippen molar-refractivity contribution in [2.75, 3.05) is 13.2 Å². The number of carbonyl (C=O) groups is 1. The molecular weight excluding hydrogens is 250 g/mol. The Hall–Kier alpha value is -1.50. The quantitative estimate of drug-likeness (QED) is 0.658. The van der Waals surface area contributed by atoms with Gasteiger partial charge in [-0.15, -0.1) is 18.8 Å². The second kappa shape index (κ2) is 8.57. The molecule has 1 unspecified atom stereocenters. The Kier molecular flexibility index (Phi) is 7.86. The van der Waals surface area contributed by atoms with E-state index in [9.17, 15) is 4.79 Å². The van der Waals surface area contributed by atoms with Crippen molar-refractivity contribution in [3.63, 3.8) is 0 Å². The molecule has 0 bridgehead atoms. The molecule has 0 spiro atoms. The summed E-state index contributed by atoms with van der Waals surface area (Å²) in [6, 6.07) is 7.48. The molecule has 1 rings (SSSR count). The van der Waals surface area contributed by atoms with Crippen molar-refractivity contribution in [2.24, 2.45) is 0 Å². The average molecular weight is 268 g/mol. The lowest BCUT2D eigenvalue weighted by Crippen LogP contribution is -2.19. The fourth-order valence-electron chi connectivity index (χ4n) is 1.48. The first kappa shape index (κ1) is 16.5. The molecule has 0 aromatic heterocycles. The Bertz CT molecular complexity index is 426. The monoisotopic (exact) mass is 267 g/mol. The SMILES string of the molecule is C#CCNC(C)c1cccc(C(=O)OCC)c1.Cl. The fraction of sp³-hybridized carbons (Fsp3) is 0.357. The lowest BCUT2D eigenvalue weighted by atomic mass is 10.1. The van der Waals surface area contributed by atoms with Crippen LogP contribution in [0.5, 0.6) is 0 Å². The largest absolute Gasteiger partial charge is 0.462 e. The lowest BCUT2D eigenvalue weighted by Gasteiger charge is -2.13. The number of hydrogen-bond donors (Lipinski definition) is 1. The first-order valence-corrected chi connectivity index (χ1v) is 5.63. The van der Waals surface area contributed by atoms with Crippen LogP contribution in [0.25, 0.3) is 0 Å². The van der Waals surface area contributed by atoms with Gasteiger partial charge in [-0.3, -0.25) is 5.32 Å². The number of carbonyl (C=O) groups excluding carboxylic acids is 1. The molecule has 0 aliphatic carbocycles. The summed E-state index contributed by atoms with van der Waals surface area (Å²) in [7, 11) is 0. The molecule has 0 amide bonds. The van der Waals surface area contributed by atoms with E-state index in [1.54, 1.807) is 13.0 Å². The Morgan fingerprint density at radius 2 is 2.28 bits per heavy atom. The molecule has 3 nitrogen and oxygen atoms in total. The van der Waals surface area contributed by atoms with Crippen LogP contribution in [-0.4, -0.2) is 19.1 Å². The van der Waals surface area contributed by atoms with Crippen molar-refractivity contribution >= 4 is 18.4 Å². The Morgan fingerprint density at radius 3 is 2.89 bits per heavy atom. The summed E-state index contributed by atoms with van der Waals surface area (Å²) in [5, 5.41) is 3.16. The summed E-state index contributed by atoms with van der Waals surface area (Å²) < 4.78 is 4.95. The molecule has 0 fully saturated rings. The summed E-state index contributed by atoms with van der Waals surface area (Å²) in [5.41, 5.74) is 1.59. The van der Waals surface area contributed by atoms with Gasteiger partial charge in [0.2, 0.25) is 0 Å². The fourth-order valence-corrected chi connectivity index (χ4v) is 1.48. The Balaban J connectivity index is 0.00000289. The predicted molar refractivity (Wildman–Crippen MR) is 74.9 cm³/mol. The normalized spacial score (nSPS) is 10.9. The van der Waals surface area contributed by atoms with E-state index in [-0.39, 0.29) is 24.4 Å². The van der Waals surface area contributed by atoms with E-state index < -0.39 is 0 Å². The van der Waals surface area contributed by atoms with Gasteiger partial charge in [0.05, 0.1) is 18.7 Å². The highest BCUT2D eigenvalue weighted by atomic mass is 35.5. The van der Waals surface area contributed by atoms with Crippen molar-refractivity contribution in [3.8, 4) is 12.3 Å². The number of hydrogen-bond acceptors (Lipinski definition) is 3. The second-order valence-electron chi connectivity index (χ2n) is 3.65.